The summed E-state index contributed by atoms with van der Waals surface area (Å²) in [5.41, 5.74) is 5.00. The Bertz CT molecular complexity index is 606. The Morgan fingerprint density at radius 1 is 1.58 bits per heavy atom. The van der Waals surface area contributed by atoms with E-state index in [1.54, 1.807) is 13.8 Å². The number of nitrogens with two attached hydrogens (primary N) is 1. The van der Waals surface area contributed by atoms with Crippen molar-refractivity contribution in [3.05, 3.63) is 11.8 Å². The second kappa shape index (κ2) is 7.69. The van der Waals surface area contributed by atoms with E-state index < -0.39 is 48.4 Å². The Labute approximate surface area is 155 Å². The Hall–Kier alpha value is -1.40. The number of alkyl halides is 1. The zero-order valence-corrected chi connectivity index (χ0v) is 15.5. The maximum atomic E-state index is 15.0. The van der Waals surface area contributed by atoms with Crippen molar-refractivity contribution in [2.24, 2.45) is 11.7 Å². The van der Waals surface area contributed by atoms with E-state index >= 15 is 0 Å². The van der Waals surface area contributed by atoms with Crippen LogP contribution in [-0.4, -0.2) is 69.4 Å². The van der Waals surface area contributed by atoms with Crippen LogP contribution in [0.15, 0.2) is 11.8 Å². The molecule has 148 valence electrons. The number of esters is 1. The first-order valence-electron chi connectivity index (χ1n) is 8.08. The third-order valence-electron chi connectivity index (χ3n) is 4.31. The van der Waals surface area contributed by atoms with Gasteiger partial charge in [-0.25, -0.2) is 4.39 Å². The lowest BCUT2D eigenvalue weighted by Crippen LogP contribution is -2.54. The molecule has 1 fully saturated rings. The van der Waals surface area contributed by atoms with Gasteiger partial charge in [-0.1, -0.05) is 13.8 Å². The number of aliphatic hydroxyl groups is 2. The molecule has 0 saturated carbocycles. The van der Waals surface area contributed by atoms with Crippen molar-refractivity contribution in [1.82, 2.24) is 10.2 Å². The minimum Gasteiger partial charge on any atom is -0.458 e. The number of carbonyl (C=O) groups excluding carboxylic acids is 2. The quantitative estimate of drug-likeness (QED) is 0.291. The maximum Gasteiger partial charge on any atom is 0.323 e. The van der Waals surface area contributed by atoms with Gasteiger partial charge in [0.1, 0.15) is 23.7 Å². The molecule has 9 nitrogen and oxygen atoms in total. The maximum absolute atomic E-state index is 15.0. The molecule has 11 heteroatoms. The van der Waals surface area contributed by atoms with E-state index in [2.05, 4.69) is 17.9 Å². The fourth-order valence-corrected chi connectivity index (χ4v) is 2.83. The number of halogens is 1. The van der Waals surface area contributed by atoms with E-state index in [4.69, 9.17) is 15.2 Å². The summed E-state index contributed by atoms with van der Waals surface area (Å²) in [6, 6.07) is -0.956. The second-order valence-corrected chi connectivity index (χ2v) is 7.20. The summed E-state index contributed by atoms with van der Waals surface area (Å²) >= 11 is 4.14. The van der Waals surface area contributed by atoms with Crippen molar-refractivity contribution in [2.75, 3.05) is 6.61 Å². The number of nitrogens with zero attached hydrogens (tertiary/aromatic N) is 1. The summed E-state index contributed by atoms with van der Waals surface area (Å²) in [6.07, 6.45) is -3.68. The number of aliphatic hydroxyl groups excluding tert-OH is 2. The minimum absolute atomic E-state index is 0.221. The number of hydrogen-bond acceptors (Lipinski definition) is 9. The van der Waals surface area contributed by atoms with Gasteiger partial charge in [-0.05, 0) is 12.8 Å². The van der Waals surface area contributed by atoms with Crippen molar-refractivity contribution in [1.29, 1.82) is 0 Å². The highest BCUT2D eigenvalue weighted by atomic mass is 32.1. The van der Waals surface area contributed by atoms with Crippen molar-refractivity contribution in [2.45, 2.75) is 56.6 Å². The Morgan fingerprint density at radius 2 is 2.19 bits per heavy atom. The molecule has 1 saturated heterocycles. The number of rotatable bonds is 5. The summed E-state index contributed by atoms with van der Waals surface area (Å²) in [5, 5.41) is 22.7. The van der Waals surface area contributed by atoms with Gasteiger partial charge in [0.05, 0.1) is 0 Å². The largest absolute Gasteiger partial charge is 0.458 e. The van der Waals surface area contributed by atoms with Gasteiger partial charge >= 0.3 is 5.97 Å². The number of thiol groups is 1. The first-order valence-corrected chi connectivity index (χ1v) is 8.59. The molecule has 0 aromatic heterocycles. The molecule has 0 bridgehead atoms. The lowest BCUT2D eigenvalue weighted by molar-refractivity contribution is -0.222. The molecule has 0 radical (unpaired) electrons. The van der Waals surface area contributed by atoms with Crippen LogP contribution >= 0.6 is 12.6 Å². The molecule has 0 aliphatic carbocycles. The average molecular weight is 393 g/mol. The molecule has 2 aliphatic rings. The molecule has 6 atom stereocenters. The van der Waals surface area contributed by atoms with Crippen LogP contribution in [0.3, 0.4) is 0 Å². The number of hydrogen-bond donors (Lipinski definition) is 5. The van der Waals surface area contributed by atoms with Crippen LogP contribution in [0.2, 0.25) is 0 Å². The Kier molecular flexibility index (Phi) is 6.18. The van der Waals surface area contributed by atoms with E-state index in [0.717, 1.165) is 0 Å². The molecule has 1 amide bonds. The third-order valence-corrected chi connectivity index (χ3v) is 4.71. The van der Waals surface area contributed by atoms with Crippen molar-refractivity contribution in [3.8, 4) is 0 Å². The van der Waals surface area contributed by atoms with Gasteiger partial charge in [0.25, 0.3) is 11.8 Å². The fourth-order valence-electron chi connectivity index (χ4n) is 2.52. The zero-order chi connectivity index (χ0) is 19.8. The average Bonchev–Trinajstić information content (AvgIpc) is 2.80. The zero-order valence-electron chi connectivity index (χ0n) is 14.6. The number of amides is 1. The highest BCUT2D eigenvalue weighted by Gasteiger charge is 2.58. The van der Waals surface area contributed by atoms with Gasteiger partial charge in [-0.15, -0.1) is 12.6 Å². The standard InChI is InChI=1S/C15H24FN3O6S/c1-6(2)8(17)13(23)24-5-15(16)10(21)9(20)12(25-15)19-4-7(3)11(22)18-14(19)26/h4,6,8-10,12,14,20-21,26H,5,17H2,1-3H3,(H,18,22)/t8-,9+,10-,12+,14?,15+/m0/s1. The lowest BCUT2D eigenvalue weighted by atomic mass is 10.1. The SMILES string of the molecule is CC1=CN([C@@H]2O[C@](F)(COC(=O)[C@@H](N)C(C)C)[C@@H](O)[C@H]2O)C(S)NC1=O. The highest BCUT2D eigenvalue weighted by molar-refractivity contribution is 7.80. The first-order chi connectivity index (χ1) is 12.0. The normalized spacial score (nSPS) is 36.0. The minimum atomic E-state index is -2.84. The van der Waals surface area contributed by atoms with Crippen molar-refractivity contribution >= 4 is 24.5 Å². The molecule has 26 heavy (non-hydrogen) atoms. The van der Waals surface area contributed by atoms with Crippen LogP contribution in [0.1, 0.15) is 20.8 Å². The van der Waals surface area contributed by atoms with E-state index in [0.29, 0.717) is 0 Å². The van der Waals surface area contributed by atoms with E-state index in [-0.39, 0.29) is 17.4 Å². The predicted molar refractivity (Wildman–Crippen MR) is 91.0 cm³/mol. The Balaban J connectivity index is 2.11. The van der Waals surface area contributed by atoms with E-state index in [9.17, 15) is 24.2 Å². The third kappa shape index (κ3) is 3.96. The predicted octanol–water partition coefficient (Wildman–Crippen LogP) is -1.19. The van der Waals surface area contributed by atoms with Crippen LogP contribution in [-0.2, 0) is 19.1 Å². The molecule has 1 unspecified atom stereocenters. The van der Waals surface area contributed by atoms with Gasteiger partial charge in [-0.2, -0.15) is 0 Å². The first kappa shape index (κ1) is 20.9. The molecule has 0 spiro atoms. The lowest BCUT2D eigenvalue weighted by Gasteiger charge is -2.37. The monoisotopic (exact) mass is 393 g/mol. The molecular formula is C15H24FN3O6S. The van der Waals surface area contributed by atoms with Gasteiger partial charge in [-0.3, -0.25) is 9.59 Å². The second-order valence-electron chi connectivity index (χ2n) is 6.71. The van der Waals surface area contributed by atoms with Gasteiger partial charge in [0, 0.05) is 11.8 Å². The molecule has 0 aromatic carbocycles. The van der Waals surface area contributed by atoms with Crippen molar-refractivity contribution < 1.29 is 33.7 Å². The number of nitrogens with one attached hydrogen (secondary N) is 1. The van der Waals surface area contributed by atoms with Crippen molar-refractivity contribution in [3.63, 3.8) is 0 Å². The number of carbonyl (C=O) groups is 2. The van der Waals surface area contributed by atoms with Gasteiger partial charge < -0.3 is 35.6 Å². The highest BCUT2D eigenvalue weighted by Crippen LogP contribution is 2.36. The van der Waals surface area contributed by atoms with Crippen LogP contribution in [0, 0.1) is 5.92 Å². The summed E-state index contributed by atoms with van der Waals surface area (Å²) in [5.74, 6) is -4.29. The number of ether oxygens (including phenoxy) is 2. The fraction of sp³-hybridized carbons (Fsp3) is 0.733. The van der Waals surface area contributed by atoms with E-state index in [1.807, 2.05) is 0 Å². The Morgan fingerprint density at radius 3 is 2.77 bits per heavy atom. The van der Waals surface area contributed by atoms with Gasteiger partial charge in [0.2, 0.25) is 0 Å². The summed E-state index contributed by atoms with van der Waals surface area (Å²) in [4.78, 5) is 24.6. The molecule has 5 N–H and O–H groups in total. The van der Waals surface area contributed by atoms with Gasteiger partial charge in [0.15, 0.2) is 12.8 Å². The summed E-state index contributed by atoms with van der Waals surface area (Å²) < 4.78 is 24.9. The van der Waals surface area contributed by atoms with E-state index in [1.165, 1.54) is 18.0 Å². The molecule has 2 aliphatic heterocycles. The molecule has 0 aromatic rings. The van der Waals surface area contributed by atoms with Crippen LogP contribution in [0.4, 0.5) is 4.39 Å². The topological polar surface area (TPSA) is 134 Å². The molecular weight excluding hydrogens is 369 g/mol. The molecule has 2 rings (SSSR count). The summed E-state index contributed by atoms with van der Waals surface area (Å²) in [7, 11) is 0. The molecule has 2 heterocycles. The summed E-state index contributed by atoms with van der Waals surface area (Å²) in [6.45, 7) is 3.96. The van der Waals surface area contributed by atoms with Crippen LogP contribution in [0.25, 0.3) is 0 Å². The van der Waals surface area contributed by atoms with Crippen LogP contribution < -0.4 is 11.1 Å². The van der Waals surface area contributed by atoms with Crippen LogP contribution in [0.5, 0.6) is 0 Å². The smallest absolute Gasteiger partial charge is 0.323 e.